The topological polar surface area (TPSA) is 102 Å². The number of aromatic nitrogens is 2. The number of carbonyl (C=O) groups is 2. The number of piperidine rings is 3. The third kappa shape index (κ3) is 5.79. The van der Waals surface area contributed by atoms with Crippen LogP contribution in [0.25, 0.3) is 11.4 Å². The number of unbranched alkanes of at least 4 members (excludes halogenated alkanes) is 2. The predicted octanol–water partition coefficient (Wildman–Crippen LogP) is 4.66. The minimum Gasteiger partial charge on any atom is -0.347 e. The number of nitrogens with one attached hydrogen (secondary N) is 2. The fourth-order valence-corrected chi connectivity index (χ4v) is 5.26. The number of nitriles is 1. The molecule has 1 amide bonds. The Morgan fingerprint density at radius 3 is 2.49 bits per heavy atom. The zero-order valence-corrected chi connectivity index (χ0v) is 20.4. The van der Waals surface area contributed by atoms with E-state index in [2.05, 4.69) is 26.3 Å². The summed E-state index contributed by atoms with van der Waals surface area (Å²) in [5.41, 5.74) is 1.17. The third-order valence-electron chi connectivity index (χ3n) is 7.65. The van der Waals surface area contributed by atoms with Gasteiger partial charge < -0.3 is 15.2 Å². The van der Waals surface area contributed by atoms with Gasteiger partial charge in [-0.1, -0.05) is 19.8 Å². The average Bonchev–Trinajstić information content (AvgIpc) is 3.33. The smallest absolute Gasteiger partial charge is 0.226 e. The van der Waals surface area contributed by atoms with Crippen LogP contribution in [0, 0.1) is 22.6 Å². The summed E-state index contributed by atoms with van der Waals surface area (Å²) in [6, 6.07) is 7.73. The molecule has 5 rings (SSSR count). The van der Waals surface area contributed by atoms with E-state index >= 15 is 0 Å². The minimum atomic E-state index is -0.380. The number of aromatic amines is 1. The normalized spacial score (nSPS) is 21.9. The molecule has 0 unspecified atom stereocenters. The summed E-state index contributed by atoms with van der Waals surface area (Å²) in [5.74, 6) is 0.464. The Kier molecular flexibility index (Phi) is 7.97. The second-order valence-corrected chi connectivity index (χ2v) is 9.86. The van der Waals surface area contributed by atoms with E-state index in [1.807, 2.05) is 6.92 Å². The molecule has 3 aliphatic heterocycles. The highest BCUT2D eigenvalue weighted by Crippen LogP contribution is 2.41. The van der Waals surface area contributed by atoms with Crippen LogP contribution in [0.1, 0.15) is 82.1 Å². The molecule has 0 aliphatic carbocycles. The van der Waals surface area contributed by atoms with E-state index in [-0.39, 0.29) is 34.7 Å². The SMILES string of the molecule is CCC(=O)CCCCC[C@H](NC(=O)C12CCN(CC1)CC2)c1[nH]c(-c2ccc(F)cc2)nc1C#N. The van der Waals surface area contributed by atoms with Crippen LogP contribution >= 0.6 is 0 Å². The molecular formula is C27H34FN5O2. The number of H-pyrrole nitrogens is 1. The van der Waals surface area contributed by atoms with E-state index in [1.165, 1.54) is 12.1 Å². The van der Waals surface area contributed by atoms with Gasteiger partial charge in [0, 0.05) is 18.4 Å². The summed E-state index contributed by atoms with van der Waals surface area (Å²) in [7, 11) is 0. The van der Waals surface area contributed by atoms with Gasteiger partial charge in [0.25, 0.3) is 0 Å². The van der Waals surface area contributed by atoms with Crippen LogP contribution in [0.5, 0.6) is 0 Å². The lowest BCUT2D eigenvalue weighted by molar-refractivity contribution is -0.139. The van der Waals surface area contributed by atoms with E-state index in [0.717, 1.165) is 58.2 Å². The molecule has 0 spiro atoms. The molecule has 3 fully saturated rings. The van der Waals surface area contributed by atoms with Gasteiger partial charge >= 0.3 is 0 Å². The maximum absolute atomic E-state index is 13.6. The van der Waals surface area contributed by atoms with E-state index in [1.54, 1.807) is 12.1 Å². The molecule has 2 bridgehead atoms. The zero-order valence-electron chi connectivity index (χ0n) is 20.4. The molecule has 1 aromatic carbocycles. The Balaban J connectivity index is 1.53. The van der Waals surface area contributed by atoms with Crippen LogP contribution < -0.4 is 5.32 Å². The van der Waals surface area contributed by atoms with E-state index in [0.29, 0.717) is 36.3 Å². The number of fused-ring (bicyclic) bond motifs is 3. The Labute approximate surface area is 206 Å². The molecule has 0 radical (unpaired) electrons. The average molecular weight is 480 g/mol. The first-order chi connectivity index (χ1) is 16.9. The van der Waals surface area contributed by atoms with Crippen molar-refractivity contribution in [1.82, 2.24) is 20.2 Å². The zero-order chi connectivity index (χ0) is 24.8. The second kappa shape index (κ2) is 11.1. The molecule has 3 saturated heterocycles. The first-order valence-corrected chi connectivity index (χ1v) is 12.7. The van der Waals surface area contributed by atoms with Crippen molar-refractivity contribution in [1.29, 1.82) is 5.26 Å². The number of benzene rings is 1. The Hall–Kier alpha value is -3.05. The molecule has 4 heterocycles. The van der Waals surface area contributed by atoms with Gasteiger partial charge in [0.15, 0.2) is 5.69 Å². The summed E-state index contributed by atoms with van der Waals surface area (Å²) in [5, 5.41) is 13.1. The lowest BCUT2D eigenvalue weighted by Crippen LogP contribution is -2.55. The van der Waals surface area contributed by atoms with Crippen LogP contribution in [0.2, 0.25) is 0 Å². The molecule has 1 aromatic heterocycles. The number of nitrogens with zero attached hydrogens (tertiary/aromatic N) is 3. The van der Waals surface area contributed by atoms with Gasteiger partial charge in [-0.2, -0.15) is 5.26 Å². The highest BCUT2D eigenvalue weighted by atomic mass is 19.1. The molecule has 2 N–H and O–H groups in total. The first-order valence-electron chi connectivity index (χ1n) is 12.7. The number of hydrogen-bond acceptors (Lipinski definition) is 5. The van der Waals surface area contributed by atoms with Gasteiger partial charge in [-0.05, 0) is 76.0 Å². The number of halogens is 1. The summed E-state index contributed by atoms with van der Waals surface area (Å²) < 4.78 is 13.4. The third-order valence-corrected chi connectivity index (χ3v) is 7.65. The standard InChI is InChI=1S/C27H34FN5O2/c1-2-21(34)6-4-3-5-7-22(31-26(35)27-12-15-33(16-13-27)17-14-27)24-23(18-29)30-25(32-24)19-8-10-20(28)11-9-19/h8-11,22H,2-7,12-17H2,1H3,(H,30,32)(H,31,35)/t22-/m0/s1. The van der Waals surface area contributed by atoms with E-state index in [4.69, 9.17) is 0 Å². The van der Waals surface area contributed by atoms with Gasteiger partial charge in [0.2, 0.25) is 5.91 Å². The number of amides is 1. The lowest BCUT2D eigenvalue weighted by atomic mass is 9.71. The van der Waals surface area contributed by atoms with Gasteiger partial charge in [-0.25, -0.2) is 9.37 Å². The quantitative estimate of drug-likeness (QED) is 0.457. The van der Waals surface area contributed by atoms with Crippen molar-refractivity contribution in [3.8, 4) is 17.5 Å². The number of ketones is 1. The molecular weight excluding hydrogens is 445 g/mol. The maximum atomic E-state index is 13.6. The summed E-state index contributed by atoms with van der Waals surface area (Å²) in [4.78, 5) is 35.3. The molecule has 8 heteroatoms. The van der Waals surface area contributed by atoms with Crippen molar-refractivity contribution in [2.45, 2.75) is 70.8 Å². The van der Waals surface area contributed by atoms with E-state index in [9.17, 15) is 19.2 Å². The Morgan fingerprint density at radius 1 is 1.17 bits per heavy atom. The first kappa shape index (κ1) is 25.1. The molecule has 3 aliphatic rings. The summed E-state index contributed by atoms with van der Waals surface area (Å²) in [6.45, 7) is 4.73. The van der Waals surface area contributed by atoms with E-state index < -0.39 is 0 Å². The highest BCUT2D eigenvalue weighted by Gasteiger charge is 2.45. The van der Waals surface area contributed by atoms with Gasteiger partial charge in [0.1, 0.15) is 23.5 Å². The predicted molar refractivity (Wildman–Crippen MR) is 131 cm³/mol. The lowest BCUT2D eigenvalue weighted by Gasteiger charge is -2.47. The Bertz CT molecular complexity index is 1070. The van der Waals surface area contributed by atoms with Gasteiger partial charge in [-0.3, -0.25) is 9.59 Å². The minimum absolute atomic E-state index is 0.0600. The molecule has 0 saturated carbocycles. The van der Waals surface area contributed by atoms with Crippen molar-refractivity contribution in [3.63, 3.8) is 0 Å². The number of imidazole rings is 1. The van der Waals surface area contributed by atoms with Crippen molar-refractivity contribution in [2.75, 3.05) is 19.6 Å². The second-order valence-electron chi connectivity index (χ2n) is 9.86. The number of carbonyl (C=O) groups excluding carboxylic acids is 2. The van der Waals surface area contributed by atoms with Crippen molar-refractivity contribution in [3.05, 3.63) is 41.5 Å². The van der Waals surface area contributed by atoms with Crippen LogP contribution in [0.4, 0.5) is 4.39 Å². The number of hydrogen-bond donors (Lipinski definition) is 2. The van der Waals surface area contributed by atoms with Crippen LogP contribution in [0.15, 0.2) is 24.3 Å². The molecule has 7 nitrogen and oxygen atoms in total. The van der Waals surface area contributed by atoms with Crippen molar-refractivity contribution < 1.29 is 14.0 Å². The monoisotopic (exact) mass is 479 g/mol. The van der Waals surface area contributed by atoms with Gasteiger partial charge in [-0.15, -0.1) is 0 Å². The molecule has 186 valence electrons. The van der Waals surface area contributed by atoms with Crippen molar-refractivity contribution >= 4 is 11.7 Å². The van der Waals surface area contributed by atoms with Crippen LogP contribution in [0.3, 0.4) is 0 Å². The summed E-state index contributed by atoms with van der Waals surface area (Å²) >= 11 is 0. The van der Waals surface area contributed by atoms with Gasteiger partial charge in [0.05, 0.1) is 17.2 Å². The molecule has 2 aromatic rings. The fraction of sp³-hybridized carbons (Fsp3) is 0.556. The number of Topliss-reactive ketones (excluding diaryl/α,β-unsaturated/α-hetero) is 1. The summed E-state index contributed by atoms with van der Waals surface area (Å²) in [6.07, 6.45) is 6.88. The van der Waals surface area contributed by atoms with Crippen molar-refractivity contribution in [2.24, 2.45) is 5.41 Å². The molecule has 35 heavy (non-hydrogen) atoms. The molecule has 1 atom stereocenters. The fourth-order valence-electron chi connectivity index (χ4n) is 5.26. The Morgan fingerprint density at radius 2 is 1.86 bits per heavy atom. The number of rotatable bonds is 11. The maximum Gasteiger partial charge on any atom is 0.226 e. The van der Waals surface area contributed by atoms with Crippen LogP contribution in [-0.4, -0.2) is 46.2 Å². The largest absolute Gasteiger partial charge is 0.347 e. The highest BCUT2D eigenvalue weighted by molar-refractivity contribution is 5.83. The van der Waals surface area contributed by atoms with Crippen LogP contribution in [-0.2, 0) is 9.59 Å².